The van der Waals surface area contributed by atoms with Crippen molar-refractivity contribution in [3.8, 4) is 5.75 Å². The van der Waals surface area contributed by atoms with Crippen LogP contribution in [0.4, 0.5) is 4.39 Å². The Morgan fingerprint density at radius 1 is 1.17 bits per heavy atom. The van der Waals surface area contributed by atoms with Crippen LogP contribution in [-0.4, -0.2) is 35.9 Å². The van der Waals surface area contributed by atoms with E-state index in [0.29, 0.717) is 18.8 Å². The summed E-state index contributed by atoms with van der Waals surface area (Å²) in [4.78, 5) is 27.0. The summed E-state index contributed by atoms with van der Waals surface area (Å²) in [6, 6.07) is 12.7. The van der Waals surface area contributed by atoms with Gasteiger partial charge in [0.25, 0.3) is 5.91 Å². The molecule has 2 aromatic carbocycles. The normalized spacial score (nSPS) is 11.6. The first-order chi connectivity index (χ1) is 13.9. The zero-order valence-electron chi connectivity index (χ0n) is 17.3. The summed E-state index contributed by atoms with van der Waals surface area (Å²) in [7, 11) is 0. The van der Waals surface area contributed by atoms with Crippen molar-refractivity contribution in [3.05, 3.63) is 65.5 Å². The van der Waals surface area contributed by atoms with Gasteiger partial charge >= 0.3 is 0 Å². The smallest absolute Gasteiger partial charge is 0.261 e. The van der Waals surface area contributed by atoms with E-state index in [-0.39, 0.29) is 24.2 Å². The van der Waals surface area contributed by atoms with Gasteiger partial charge in [0.15, 0.2) is 6.61 Å². The number of rotatable bonds is 10. The van der Waals surface area contributed by atoms with Gasteiger partial charge in [0.2, 0.25) is 5.91 Å². The molecule has 2 amide bonds. The fraction of sp³-hybridized carbons (Fsp3) is 0.391. The van der Waals surface area contributed by atoms with Gasteiger partial charge in [-0.15, -0.1) is 0 Å². The van der Waals surface area contributed by atoms with Crippen LogP contribution in [0.25, 0.3) is 0 Å². The Morgan fingerprint density at radius 3 is 2.55 bits per heavy atom. The zero-order chi connectivity index (χ0) is 21.2. The van der Waals surface area contributed by atoms with Gasteiger partial charge in [-0.25, -0.2) is 4.39 Å². The SMILES string of the molecule is CCCCNC(=O)C(C)N(Cc1cccc(C)c1)C(=O)COc1ccc(F)cc1. The fourth-order valence-electron chi connectivity index (χ4n) is 2.88. The summed E-state index contributed by atoms with van der Waals surface area (Å²) in [6.07, 6.45) is 1.87. The number of carbonyl (C=O) groups is 2. The van der Waals surface area contributed by atoms with Crippen LogP contribution in [0.1, 0.15) is 37.8 Å². The molecule has 6 heteroatoms. The molecule has 0 radical (unpaired) electrons. The summed E-state index contributed by atoms with van der Waals surface area (Å²) < 4.78 is 18.5. The van der Waals surface area contributed by atoms with E-state index in [2.05, 4.69) is 12.2 Å². The minimum atomic E-state index is -0.642. The minimum Gasteiger partial charge on any atom is -0.484 e. The standard InChI is InChI=1S/C23H29FN2O3/c1-4-5-13-25-23(28)18(3)26(15-19-8-6-7-17(2)14-19)22(27)16-29-21-11-9-20(24)10-12-21/h6-12,14,18H,4-5,13,15-16H2,1-3H3,(H,25,28). The Hall–Kier alpha value is -2.89. The number of nitrogens with one attached hydrogen (secondary N) is 1. The van der Waals surface area contributed by atoms with E-state index in [1.807, 2.05) is 31.2 Å². The molecule has 1 atom stereocenters. The zero-order valence-corrected chi connectivity index (χ0v) is 17.3. The third-order valence-electron chi connectivity index (χ3n) is 4.61. The lowest BCUT2D eigenvalue weighted by atomic mass is 10.1. The average Bonchev–Trinajstić information content (AvgIpc) is 2.71. The summed E-state index contributed by atoms with van der Waals surface area (Å²) in [6.45, 7) is 6.40. The quantitative estimate of drug-likeness (QED) is 0.617. The molecule has 0 heterocycles. The van der Waals surface area contributed by atoms with E-state index >= 15 is 0 Å². The molecule has 1 N–H and O–H groups in total. The molecule has 0 aliphatic carbocycles. The van der Waals surface area contributed by atoms with Crippen LogP contribution in [0.5, 0.6) is 5.75 Å². The number of ether oxygens (including phenoxy) is 1. The third-order valence-corrected chi connectivity index (χ3v) is 4.61. The van der Waals surface area contributed by atoms with Gasteiger partial charge in [0.05, 0.1) is 0 Å². The lowest BCUT2D eigenvalue weighted by Crippen LogP contribution is -2.49. The molecule has 0 saturated carbocycles. The molecule has 2 rings (SSSR count). The Morgan fingerprint density at radius 2 is 1.90 bits per heavy atom. The predicted octanol–water partition coefficient (Wildman–Crippen LogP) is 3.85. The first kappa shape index (κ1) is 22.4. The fourth-order valence-corrected chi connectivity index (χ4v) is 2.88. The van der Waals surface area contributed by atoms with Crippen molar-refractivity contribution in [1.29, 1.82) is 0 Å². The number of aryl methyl sites for hydroxylation is 1. The average molecular weight is 400 g/mol. The van der Waals surface area contributed by atoms with Gasteiger partial charge in [-0.1, -0.05) is 43.2 Å². The van der Waals surface area contributed by atoms with Crippen molar-refractivity contribution in [2.24, 2.45) is 0 Å². The molecule has 0 aliphatic heterocycles. The maximum absolute atomic E-state index is 13.0. The van der Waals surface area contributed by atoms with Gasteiger partial charge < -0.3 is 15.0 Å². The first-order valence-corrected chi connectivity index (χ1v) is 9.91. The summed E-state index contributed by atoms with van der Waals surface area (Å²) >= 11 is 0. The summed E-state index contributed by atoms with van der Waals surface area (Å²) in [5, 5.41) is 2.88. The van der Waals surface area contributed by atoms with E-state index in [9.17, 15) is 14.0 Å². The first-order valence-electron chi connectivity index (χ1n) is 9.91. The number of unbranched alkanes of at least 4 members (excludes halogenated alkanes) is 1. The summed E-state index contributed by atoms with van der Waals surface area (Å²) in [5.74, 6) is -0.479. The Labute approximate surface area is 171 Å². The van der Waals surface area contributed by atoms with Crippen LogP contribution in [-0.2, 0) is 16.1 Å². The van der Waals surface area contributed by atoms with E-state index < -0.39 is 6.04 Å². The topological polar surface area (TPSA) is 58.6 Å². The van der Waals surface area contributed by atoms with Crippen LogP contribution in [0.3, 0.4) is 0 Å². The molecule has 0 fully saturated rings. The molecule has 2 aromatic rings. The maximum atomic E-state index is 13.0. The Bertz CT molecular complexity index is 808. The van der Waals surface area contributed by atoms with Crippen molar-refractivity contribution < 1.29 is 18.7 Å². The number of benzene rings is 2. The second kappa shape index (κ2) is 11.2. The van der Waals surface area contributed by atoms with Crippen molar-refractivity contribution >= 4 is 11.8 Å². The van der Waals surface area contributed by atoms with Gasteiger partial charge in [0.1, 0.15) is 17.6 Å². The molecule has 5 nitrogen and oxygen atoms in total. The highest BCUT2D eigenvalue weighted by molar-refractivity contribution is 5.87. The van der Waals surface area contributed by atoms with Crippen molar-refractivity contribution in [3.63, 3.8) is 0 Å². The van der Waals surface area contributed by atoms with Gasteiger partial charge in [-0.05, 0) is 50.1 Å². The second-order valence-corrected chi connectivity index (χ2v) is 7.07. The third kappa shape index (κ3) is 7.22. The molecule has 0 aliphatic rings. The van der Waals surface area contributed by atoms with Gasteiger partial charge in [-0.2, -0.15) is 0 Å². The molecule has 0 aromatic heterocycles. The summed E-state index contributed by atoms with van der Waals surface area (Å²) in [5.41, 5.74) is 2.02. The molecular formula is C23H29FN2O3. The monoisotopic (exact) mass is 400 g/mol. The number of carbonyl (C=O) groups excluding carboxylic acids is 2. The largest absolute Gasteiger partial charge is 0.484 e. The highest BCUT2D eigenvalue weighted by Gasteiger charge is 2.26. The predicted molar refractivity (Wildman–Crippen MR) is 111 cm³/mol. The van der Waals surface area contributed by atoms with Crippen LogP contribution in [0.15, 0.2) is 48.5 Å². The van der Waals surface area contributed by atoms with Crippen molar-refractivity contribution in [2.75, 3.05) is 13.2 Å². The number of hydrogen-bond donors (Lipinski definition) is 1. The maximum Gasteiger partial charge on any atom is 0.261 e. The highest BCUT2D eigenvalue weighted by Crippen LogP contribution is 2.14. The number of nitrogens with zero attached hydrogens (tertiary/aromatic N) is 1. The lowest BCUT2D eigenvalue weighted by Gasteiger charge is -2.29. The van der Waals surface area contributed by atoms with Crippen LogP contribution in [0, 0.1) is 12.7 Å². The Balaban J connectivity index is 2.10. The van der Waals surface area contributed by atoms with E-state index in [4.69, 9.17) is 4.74 Å². The molecule has 0 spiro atoms. The van der Waals surface area contributed by atoms with E-state index in [0.717, 1.165) is 24.0 Å². The minimum absolute atomic E-state index is 0.193. The highest BCUT2D eigenvalue weighted by atomic mass is 19.1. The van der Waals surface area contributed by atoms with Crippen molar-refractivity contribution in [2.45, 2.75) is 46.2 Å². The molecule has 0 bridgehead atoms. The van der Waals surface area contributed by atoms with Crippen LogP contribution >= 0.6 is 0 Å². The van der Waals surface area contributed by atoms with Crippen molar-refractivity contribution in [1.82, 2.24) is 10.2 Å². The molecule has 29 heavy (non-hydrogen) atoms. The second-order valence-electron chi connectivity index (χ2n) is 7.07. The van der Waals surface area contributed by atoms with E-state index in [1.165, 1.54) is 29.2 Å². The van der Waals surface area contributed by atoms with Gasteiger partial charge in [0, 0.05) is 13.1 Å². The van der Waals surface area contributed by atoms with E-state index in [1.54, 1.807) is 6.92 Å². The molecular weight excluding hydrogens is 371 g/mol. The molecule has 1 unspecified atom stereocenters. The van der Waals surface area contributed by atoms with Gasteiger partial charge in [-0.3, -0.25) is 9.59 Å². The molecule has 0 saturated heterocycles. The number of halogens is 1. The molecule has 156 valence electrons. The van der Waals surface area contributed by atoms with Crippen LogP contribution < -0.4 is 10.1 Å². The van der Waals surface area contributed by atoms with Crippen LogP contribution in [0.2, 0.25) is 0 Å². The number of hydrogen-bond acceptors (Lipinski definition) is 3. The number of amides is 2. The lowest BCUT2D eigenvalue weighted by molar-refractivity contribution is -0.142. The Kier molecular flexibility index (Phi) is 8.65.